The van der Waals surface area contributed by atoms with Crippen molar-refractivity contribution in [2.24, 2.45) is 5.41 Å². The Labute approximate surface area is 99.2 Å². The zero-order valence-corrected chi connectivity index (χ0v) is 10.1. The third-order valence-electron chi connectivity index (χ3n) is 2.88. The van der Waals surface area contributed by atoms with Crippen LogP contribution in [0.4, 0.5) is 0 Å². The SMILES string of the molecule is CC1(C(Cl)c2cc(Cl)ccc2Cl)CC1. The molecule has 0 bridgehead atoms. The van der Waals surface area contributed by atoms with Crippen LogP contribution in [0.1, 0.15) is 30.7 Å². The normalized spacial score (nSPS) is 20.6. The third kappa shape index (κ3) is 1.88. The molecule has 0 spiro atoms. The summed E-state index contributed by atoms with van der Waals surface area (Å²) >= 11 is 18.4. The van der Waals surface area contributed by atoms with Crippen LogP contribution in [0.3, 0.4) is 0 Å². The van der Waals surface area contributed by atoms with Crippen LogP contribution in [-0.4, -0.2) is 0 Å². The quantitative estimate of drug-likeness (QED) is 0.642. The average molecular weight is 250 g/mol. The summed E-state index contributed by atoms with van der Waals surface area (Å²) < 4.78 is 0. The topological polar surface area (TPSA) is 0 Å². The molecule has 1 saturated carbocycles. The van der Waals surface area contributed by atoms with E-state index in [1.54, 1.807) is 12.1 Å². The fourth-order valence-electron chi connectivity index (χ4n) is 1.53. The van der Waals surface area contributed by atoms with Gasteiger partial charge in [-0.3, -0.25) is 0 Å². The Morgan fingerprint density at radius 1 is 1.29 bits per heavy atom. The smallest absolute Gasteiger partial charge is 0.0653 e. The molecule has 1 aromatic carbocycles. The summed E-state index contributed by atoms with van der Waals surface area (Å²) in [7, 11) is 0. The van der Waals surface area contributed by atoms with Crippen molar-refractivity contribution in [1.29, 1.82) is 0 Å². The second-order valence-corrected chi connectivity index (χ2v) is 5.46. The number of hydrogen-bond donors (Lipinski definition) is 0. The van der Waals surface area contributed by atoms with Gasteiger partial charge in [0, 0.05) is 10.0 Å². The van der Waals surface area contributed by atoms with Crippen molar-refractivity contribution in [1.82, 2.24) is 0 Å². The minimum Gasteiger partial charge on any atom is -0.117 e. The molecule has 0 amide bonds. The van der Waals surface area contributed by atoms with Crippen molar-refractivity contribution in [3.63, 3.8) is 0 Å². The van der Waals surface area contributed by atoms with Crippen LogP contribution in [-0.2, 0) is 0 Å². The molecule has 1 aromatic rings. The molecule has 76 valence electrons. The number of hydrogen-bond acceptors (Lipinski definition) is 0. The van der Waals surface area contributed by atoms with E-state index < -0.39 is 0 Å². The summed E-state index contributed by atoms with van der Waals surface area (Å²) in [6.45, 7) is 2.18. The van der Waals surface area contributed by atoms with Crippen LogP contribution in [0.2, 0.25) is 10.0 Å². The summed E-state index contributed by atoms with van der Waals surface area (Å²) in [6, 6.07) is 5.46. The first kappa shape index (κ1) is 10.6. The highest BCUT2D eigenvalue weighted by atomic mass is 35.5. The Morgan fingerprint density at radius 3 is 2.50 bits per heavy atom. The fraction of sp³-hybridized carbons (Fsp3) is 0.455. The van der Waals surface area contributed by atoms with Gasteiger partial charge in [-0.25, -0.2) is 0 Å². The maximum atomic E-state index is 6.38. The van der Waals surface area contributed by atoms with Gasteiger partial charge in [-0.15, -0.1) is 11.6 Å². The molecule has 1 unspecified atom stereocenters. The molecule has 0 heterocycles. The molecule has 1 aliphatic carbocycles. The van der Waals surface area contributed by atoms with Crippen LogP contribution in [0.25, 0.3) is 0 Å². The number of rotatable bonds is 2. The molecule has 0 aromatic heterocycles. The Bertz CT molecular complexity index is 356. The molecule has 2 rings (SSSR count). The minimum atomic E-state index is -0.0197. The molecule has 1 atom stereocenters. The highest BCUT2D eigenvalue weighted by Crippen LogP contribution is 2.58. The number of alkyl halides is 1. The van der Waals surface area contributed by atoms with Crippen molar-refractivity contribution >= 4 is 34.8 Å². The Balaban J connectivity index is 2.35. The van der Waals surface area contributed by atoms with Gasteiger partial charge in [0.05, 0.1) is 5.38 Å². The van der Waals surface area contributed by atoms with Gasteiger partial charge in [-0.2, -0.15) is 0 Å². The minimum absolute atomic E-state index is 0.0197. The highest BCUT2D eigenvalue weighted by molar-refractivity contribution is 6.34. The largest absolute Gasteiger partial charge is 0.117 e. The first-order chi connectivity index (χ1) is 6.53. The monoisotopic (exact) mass is 248 g/mol. The Kier molecular flexibility index (Phi) is 2.72. The standard InChI is InChI=1S/C11H11Cl3/c1-11(4-5-11)10(14)8-6-7(12)2-3-9(8)13/h2-3,6,10H,4-5H2,1H3. The first-order valence-electron chi connectivity index (χ1n) is 4.62. The zero-order chi connectivity index (χ0) is 10.3. The third-order valence-corrected chi connectivity index (χ3v) is 4.22. The van der Waals surface area contributed by atoms with Gasteiger partial charge >= 0.3 is 0 Å². The van der Waals surface area contributed by atoms with Crippen molar-refractivity contribution in [2.45, 2.75) is 25.1 Å². The molecule has 14 heavy (non-hydrogen) atoms. The van der Waals surface area contributed by atoms with Gasteiger partial charge in [0.25, 0.3) is 0 Å². The van der Waals surface area contributed by atoms with E-state index in [2.05, 4.69) is 6.92 Å². The molecule has 1 aliphatic rings. The molecule has 0 saturated heterocycles. The van der Waals surface area contributed by atoms with Gasteiger partial charge in [0.1, 0.15) is 0 Å². The van der Waals surface area contributed by atoms with E-state index in [0.29, 0.717) is 10.0 Å². The summed E-state index contributed by atoms with van der Waals surface area (Å²) in [5.41, 5.74) is 1.18. The van der Waals surface area contributed by atoms with Crippen LogP contribution >= 0.6 is 34.8 Å². The lowest BCUT2D eigenvalue weighted by molar-refractivity contribution is 0.549. The number of benzene rings is 1. The lowest BCUT2D eigenvalue weighted by atomic mass is 9.98. The molecular weight excluding hydrogens is 238 g/mol. The predicted octanol–water partition coefficient (Wildman–Crippen LogP) is 5.07. The maximum Gasteiger partial charge on any atom is 0.0653 e. The van der Waals surface area contributed by atoms with E-state index in [0.717, 1.165) is 5.56 Å². The van der Waals surface area contributed by atoms with Crippen molar-refractivity contribution < 1.29 is 0 Å². The molecular formula is C11H11Cl3. The second kappa shape index (κ2) is 3.59. The second-order valence-electron chi connectivity index (χ2n) is 4.18. The van der Waals surface area contributed by atoms with Gasteiger partial charge < -0.3 is 0 Å². The van der Waals surface area contributed by atoms with E-state index >= 15 is 0 Å². The van der Waals surface area contributed by atoms with E-state index in [1.807, 2.05) is 6.07 Å². The Hall–Kier alpha value is 0.0900. The zero-order valence-electron chi connectivity index (χ0n) is 7.86. The molecule has 0 nitrogen and oxygen atoms in total. The summed E-state index contributed by atoms with van der Waals surface area (Å²) in [6.07, 6.45) is 2.34. The summed E-state index contributed by atoms with van der Waals surface area (Å²) in [5, 5.41) is 1.38. The summed E-state index contributed by atoms with van der Waals surface area (Å²) in [5.74, 6) is 0. The predicted molar refractivity (Wildman–Crippen MR) is 62.4 cm³/mol. The van der Waals surface area contributed by atoms with Crippen LogP contribution in [0.15, 0.2) is 18.2 Å². The van der Waals surface area contributed by atoms with Gasteiger partial charge in [-0.1, -0.05) is 30.1 Å². The highest BCUT2D eigenvalue weighted by Gasteiger charge is 2.45. The van der Waals surface area contributed by atoms with Crippen LogP contribution in [0.5, 0.6) is 0 Å². The molecule has 0 radical (unpaired) electrons. The maximum absolute atomic E-state index is 6.38. The van der Waals surface area contributed by atoms with Crippen molar-refractivity contribution in [3.05, 3.63) is 33.8 Å². The van der Waals surface area contributed by atoms with E-state index in [9.17, 15) is 0 Å². The van der Waals surface area contributed by atoms with Crippen molar-refractivity contribution in [3.8, 4) is 0 Å². The van der Waals surface area contributed by atoms with Crippen molar-refractivity contribution in [2.75, 3.05) is 0 Å². The summed E-state index contributed by atoms with van der Waals surface area (Å²) in [4.78, 5) is 0. The van der Waals surface area contributed by atoms with E-state index in [-0.39, 0.29) is 10.8 Å². The van der Waals surface area contributed by atoms with Gasteiger partial charge in [0.15, 0.2) is 0 Å². The van der Waals surface area contributed by atoms with E-state index in [1.165, 1.54) is 12.8 Å². The average Bonchev–Trinajstić information content (AvgIpc) is 2.88. The number of halogens is 3. The molecule has 1 fully saturated rings. The van der Waals surface area contributed by atoms with Gasteiger partial charge in [0.2, 0.25) is 0 Å². The lowest BCUT2D eigenvalue weighted by Gasteiger charge is -2.18. The van der Waals surface area contributed by atoms with Gasteiger partial charge in [-0.05, 0) is 42.0 Å². The van der Waals surface area contributed by atoms with Crippen LogP contribution < -0.4 is 0 Å². The van der Waals surface area contributed by atoms with E-state index in [4.69, 9.17) is 34.8 Å². The lowest BCUT2D eigenvalue weighted by Crippen LogP contribution is -2.04. The molecule has 0 aliphatic heterocycles. The first-order valence-corrected chi connectivity index (χ1v) is 5.81. The van der Waals surface area contributed by atoms with Crippen LogP contribution in [0, 0.1) is 5.41 Å². The Morgan fingerprint density at radius 2 is 1.93 bits per heavy atom. The molecule has 0 N–H and O–H groups in total. The fourth-order valence-corrected chi connectivity index (χ4v) is 2.40. The molecule has 3 heteroatoms.